The van der Waals surface area contributed by atoms with Crippen LogP contribution in [0.2, 0.25) is 10.0 Å². The monoisotopic (exact) mass is 430 g/mol. The summed E-state index contributed by atoms with van der Waals surface area (Å²) in [5, 5.41) is 3.61. The third-order valence-corrected chi connectivity index (χ3v) is 6.24. The van der Waals surface area contributed by atoms with Crippen LogP contribution in [0.3, 0.4) is 0 Å². The first-order chi connectivity index (χ1) is 12.6. The molecule has 0 spiro atoms. The van der Waals surface area contributed by atoms with E-state index in [-0.39, 0.29) is 28.3 Å². The fourth-order valence-corrected chi connectivity index (χ4v) is 4.10. The lowest BCUT2D eigenvalue weighted by atomic mass is 10.1. The number of hydrogen-bond acceptors (Lipinski definition) is 4. The van der Waals surface area contributed by atoms with E-state index in [1.807, 2.05) is 0 Å². The maximum Gasteiger partial charge on any atom is 0.247 e. The van der Waals surface area contributed by atoms with Gasteiger partial charge in [0.2, 0.25) is 15.9 Å². The Morgan fingerprint density at radius 2 is 1.74 bits per heavy atom. The number of benzene rings is 2. The van der Waals surface area contributed by atoms with Crippen molar-refractivity contribution in [3.05, 3.63) is 58.1 Å². The summed E-state index contributed by atoms with van der Waals surface area (Å²) in [5.41, 5.74) is 0.856. The van der Waals surface area contributed by atoms with Crippen molar-refractivity contribution in [1.82, 2.24) is 9.62 Å². The van der Waals surface area contributed by atoms with E-state index in [9.17, 15) is 13.2 Å². The van der Waals surface area contributed by atoms with Crippen LogP contribution in [0.1, 0.15) is 18.5 Å². The maximum absolute atomic E-state index is 12.8. The Hall–Kier alpha value is -1.80. The number of hydrogen-bond donors (Lipinski definition) is 1. The number of methoxy groups -OCH3 is 1. The van der Waals surface area contributed by atoms with E-state index >= 15 is 0 Å². The average Bonchev–Trinajstić information content (AvgIpc) is 2.61. The van der Waals surface area contributed by atoms with Gasteiger partial charge in [-0.15, -0.1) is 0 Å². The number of nitrogens with zero attached hydrogens (tertiary/aromatic N) is 1. The van der Waals surface area contributed by atoms with E-state index in [4.69, 9.17) is 27.9 Å². The van der Waals surface area contributed by atoms with Gasteiger partial charge in [-0.2, -0.15) is 4.31 Å². The Morgan fingerprint density at radius 3 is 2.33 bits per heavy atom. The zero-order valence-corrected chi connectivity index (χ0v) is 17.4. The van der Waals surface area contributed by atoms with E-state index in [1.54, 1.807) is 31.2 Å². The molecule has 0 fully saturated rings. The summed E-state index contributed by atoms with van der Waals surface area (Å²) >= 11 is 11.8. The van der Waals surface area contributed by atoms with Crippen LogP contribution < -0.4 is 10.1 Å². The van der Waals surface area contributed by atoms with Crippen molar-refractivity contribution in [3.63, 3.8) is 0 Å². The van der Waals surface area contributed by atoms with Crippen LogP contribution in [0, 0.1) is 0 Å². The van der Waals surface area contributed by atoms with E-state index < -0.39 is 15.9 Å². The molecule has 0 saturated heterocycles. The van der Waals surface area contributed by atoms with Crippen molar-refractivity contribution in [2.45, 2.75) is 17.9 Å². The number of ether oxygens (including phenoxy) is 1. The summed E-state index contributed by atoms with van der Waals surface area (Å²) < 4.78 is 31.6. The number of carbonyl (C=O) groups is 1. The fourth-order valence-electron chi connectivity index (χ4n) is 2.43. The molecule has 0 aliphatic carbocycles. The first-order valence-corrected chi connectivity index (χ1v) is 10.2. The number of sulfonamides is 1. The van der Waals surface area contributed by atoms with Crippen LogP contribution >= 0.6 is 23.2 Å². The number of halogens is 2. The number of nitrogens with one attached hydrogen (secondary N) is 1. The van der Waals surface area contributed by atoms with E-state index in [1.165, 1.54) is 32.4 Å². The first-order valence-electron chi connectivity index (χ1n) is 8.00. The van der Waals surface area contributed by atoms with Crippen LogP contribution in [-0.2, 0) is 14.8 Å². The first kappa shape index (κ1) is 21.5. The largest absolute Gasteiger partial charge is 0.495 e. The summed E-state index contributed by atoms with van der Waals surface area (Å²) in [4.78, 5) is 12.2. The second kappa shape index (κ2) is 8.93. The summed E-state index contributed by atoms with van der Waals surface area (Å²) in [6, 6.07) is 11.0. The van der Waals surface area contributed by atoms with Crippen LogP contribution in [0.4, 0.5) is 0 Å². The van der Waals surface area contributed by atoms with Crippen molar-refractivity contribution in [2.24, 2.45) is 0 Å². The van der Waals surface area contributed by atoms with Gasteiger partial charge in [0.1, 0.15) is 10.6 Å². The molecule has 1 N–H and O–H groups in total. The van der Waals surface area contributed by atoms with Gasteiger partial charge >= 0.3 is 0 Å². The lowest BCUT2D eigenvalue weighted by Gasteiger charge is -2.20. The van der Waals surface area contributed by atoms with Crippen molar-refractivity contribution in [2.75, 3.05) is 20.7 Å². The molecule has 0 saturated carbocycles. The number of likely N-dealkylation sites (N-methyl/N-ethyl adjacent to an activating group) is 1. The van der Waals surface area contributed by atoms with E-state index in [2.05, 4.69) is 5.32 Å². The molecule has 1 unspecified atom stereocenters. The van der Waals surface area contributed by atoms with Crippen molar-refractivity contribution < 1.29 is 17.9 Å². The zero-order chi connectivity index (χ0) is 20.2. The highest BCUT2D eigenvalue weighted by molar-refractivity contribution is 7.89. The Labute approximate surface area is 169 Å². The third-order valence-electron chi connectivity index (χ3n) is 3.93. The third kappa shape index (κ3) is 5.35. The highest BCUT2D eigenvalue weighted by Gasteiger charge is 2.27. The number of carbonyl (C=O) groups excluding carboxylic acids is 1. The predicted molar refractivity (Wildman–Crippen MR) is 106 cm³/mol. The minimum Gasteiger partial charge on any atom is -0.495 e. The molecule has 0 aromatic heterocycles. The summed E-state index contributed by atoms with van der Waals surface area (Å²) in [6.07, 6.45) is 0. The van der Waals surface area contributed by atoms with Gasteiger partial charge in [-0.25, -0.2) is 8.42 Å². The van der Waals surface area contributed by atoms with Crippen LogP contribution in [0.25, 0.3) is 0 Å². The normalized spacial score (nSPS) is 12.7. The van der Waals surface area contributed by atoms with E-state index in [0.29, 0.717) is 5.02 Å². The van der Waals surface area contributed by atoms with Gasteiger partial charge < -0.3 is 10.1 Å². The Kier molecular flexibility index (Phi) is 7.11. The summed E-state index contributed by atoms with van der Waals surface area (Å²) in [7, 11) is -1.27. The fraction of sp³-hybridized carbons (Fsp3) is 0.278. The molecule has 0 radical (unpaired) electrons. The molecule has 1 atom stereocenters. The van der Waals surface area contributed by atoms with Gasteiger partial charge in [0.15, 0.2) is 0 Å². The second-order valence-corrected chi connectivity index (χ2v) is 8.78. The summed E-state index contributed by atoms with van der Waals surface area (Å²) in [6.45, 7) is 1.45. The van der Waals surface area contributed by atoms with Gasteiger partial charge in [0.25, 0.3) is 0 Å². The SMILES string of the molecule is COc1ccc(Cl)cc1S(=O)(=O)N(C)CC(=O)NC(C)c1ccc(Cl)cc1. The quantitative estimate of drug-likeness (QED) is 0.728. The topological polar surface area (TPSA) is 75.7 Å². The molecular weight excluding hydrogens is 411 g/mol. The highest BCUT2D eigenvalue weighted by Crippen LogP contribution is 2.29. The molecular formula is C18H20Cl2N2O4S. The molecule has 0 heterocycles. The molecule has 1 amide bonds. The van der Waals surface area contributed by atoms with Crippen LogP contribution in [-0.4, -0.2) is 39.3 Å². The zero-order valence-electron chi connectivity index (χ0n) is 15.1. The van der Waals surface area contributed by atoms with Crippen molar-refractivity contribution in [3.8, 4) is 5.75 Å². The lowest BCUT2D eigenvalue weighted by molar-refractivity contribution is -0.121. The minimum atomic E-state index is -3.96. The minimum absolute atomic E-state index is 0.0986. The molecule has 0 aliphatic rings. The van der Waals surface area contributed by atoms with E-state index in [0.717, 1.165) is 9.87 Å². The Bertz CT molecular complexity index is 917. The number of amides is 1. The van der Waals surface area contributed by atoms with Crippen molar-refractivity contribution >= 4 is 39.1 Å². The molecule has 6 nitrogen and oxygen atoms in total. The lowest BCUT2D eigenvalue weighted by Crippen LogP contribution is -2.39. The van der Waals surface area contributed by atoms with Gasteiger partial charge in [0.05, 0.1) is 19.7 Å². The van der Waals surface area contributed by atoms with Gasteiger partial charge in [-0.3, -0.25) is 4.79 Å². The molecule has 2 aromatic carbocycles. The molecule has 2 rings (SSSR count). The van der Waals surface area contributed by atoms with Crippen LogP contribution in [0.5, 0.6) is 5.75 Å². The van der Waals surface area contributed by atoms with Crippen molar-refractivity contribution in [1.29, 1.82) is 0 Å². The average molecular weight is 431 g/mol. The molecule has 0 bridgehead atoms. The molecule has 146 valence electrons. The Morgan fingerprint density at radius 1 is 1.15 bits per heavy atom. The standard InChI is InChI=1S/C18H20Cl2N2O4S/c1-12(13-4-6-14(19)7-5-13)21-18(23)11-22(2)27(24,25)17-10-15(20)8-9-16(17)26-3/h4-10,12H,11H2,1-3H3,(H,21,23). The second-order valence-electron chi connectivity index (χ2n) is 5.90. The smallest absolute Gasteiger partial charge is 0.247 e. The van der Waals surface area contributed by atoms with Gasteiger partial charge in [-0.1, -0.05) is 35.3 Å². The molecule has 9 heteroatoms. The molecule has 2 aromatic rings. The summed E-state index contributed by atoms with van der Waals surface area (Å²) in [5.74, 6) is -0.286. The Balaban J connectivity index is 2.11. The predicted octanol–water partition coefficient (Wildman–Crippen LogP) is 3.50. The number of rotatable bonds is 7. The molecule has 27 heavy (non-hydrogen) atoms. The van der Waals surface area contributed by atoms with Gasteiger partial charge in [0, 0.05) is 17.1 Å². The highest BCUT2D eigenvalue weighted by atomic mass is 35.5. The molecule has 0 aliphatic heterocycles. The maximum atomic E-state index is 12.8. The van der Waals surface area contributed by atoms with Crippen LogP contribution in [0.15, 0.2) is 47.4 Å². The van der Waals surface area contributed by atoms with Gasteiger partial charge in [-0.05, 0) is 42.8 Å².